The van der Waals surface area contributed by atoms with Crippen LogP contribution in [-0.4, -0.2) is 30.6 Å². The van der Waals surface area contributed by atoms with E-state index in [1.54, 1.807) is 0 Å². The molecule has 1 saturated heterocycles. The molecule has 1 aromatic carbocycles. The minimum atomic E-state index is 0.755. The van der Waals surface area contributed by atoms with Crippen LogP contribution in [0.2, 0.25) is 0 Å². The van der Waals surface area contributed by atoms with Gasteiger partial charge in [0, 0.05) is 32.2 Å². The molecule has 110 valence electrons. The summed E-state index contributed by atoms with van der Waals surface area (Å²) in [6, 6.07) is 9.84. The van der Waals surface area contributed by atoms with Crippen molar-refractivity contribution in [1.82, 2.24) is 10.2 Å². The van der Waals surface area contributed by atoms with E-state index in [1.807, 2.05) is 0 Å². The quantitative estimate of drug-likeness (QED) is 0.908. The fourth-order valence-electron chi connectivity index (χ4n) is 3.88. The Morgan fingerprint density at radius 2 is 1.85 bits per heavy atom. The highest BCUT2D eigenvalue weighted by Gasteiger charge is 2.30. The maximum absolute atomic E-state index is 3.62. The molecule has 2 aliphatic rings. The summed E-state index contributed by atoms with van der Waals surface area (Å²) in [5, 5.41) is 3.62. The lowest BCUT2D eigenvalue weighted by Gasteiger charge is -2.42. The zero-order chi connectivity index (χ0) is 13.8. The van der Waals surface area contributed by atoms with Crippen molar-refractivity contribution < 1.29 is 0 Å². The molecule has 0 radical (unpaired) electrons. The van der Waals surface area contributed by atoms with Gasteiger partial charge in [-0.2, -0.15) is 0 Å². The van der Waals surface area contributed by atoms with E-state index in [0.29, 0.717) is 0 Å². The van der Waals surface area contributed by atoms with Crippen LogP contribution in [0.5, 0.6) is 0 Å². The Morgan fingerprint density at radius 3 is 2.60 bits per heavy atom. The van der Waals surface area contributed by atoms with E-state index in [-0.39, 0.29) is 0 Å². The second kappa shape index (κ2) is 6.73. The number of hydrogen-bond donors (Lipinski definition) is 1. The van der Waals surface area contributed by atoms with Crippen molar-refractivity contribution in [3.63, 3.8) is 0 Å². The Morgan fingerprint density at radius 1 is 1.10 bits per heavy atom. The molecular weight excluding hydrogens is 244 g/mol. The molecule has 2 fully saturated rings. The Balaban J connectivity index is 1.66. The summed E-state index contributed by atoms with van der Waals surface area (Å²) < 4.78 is 0. The van der Waals surface area contributed by atoms with Crippen LogP contribution in [0, 0.1) is 12.8 Å². The van der Waals surface area contributed by atoms with E-state index >= 15 is 0 Å². The third-order valence-corrected chi connectivity index (χ3v) is 5.10. The summed E-state index contributed by atoms with van der Waals surface area (Å²) >= 11 is 0. The first-order chi connectivity index (χ1) is 9.83. The van der Waals surface area contributed by atoms with Crippen LogP contribution < -0.4 is 5.32 Å². The van der Waals surface area contributed by atoms with Crippen molar-refractivity contribution in [2.24, 2.45) is 5.92 Å². The molecule has 1 N–H and O–H groups in total. The molecule has 0 aromatic heterocycles. The lowest BCUT2D eigenvalue weighted by atomic mass is 9.82. The Kier molecular flexibility index (Phi) is 4.74. The summed E-state index contributed by atoms with van der Waals surface area (Å²) in [6.45, 7) is 6.84. The maximum Gasteiger partial charge on any atom is 0.0252 e. The van der Waals surface area contributed by atoms with Gasteiger partial charge in [0.05, 0.1) is 0 Å². The molecule has 1 saturated carbocycles. The lowest BCUT2D eigenvalue weighted by Crippen LogP contribution is -2.54. The van der Waals surface area contributed by atoms with Gasteiger partial charge in [-0.15, -0.1) is 0 Å². The van der Waals surface area contributed by atoms with Gasteiger partial charge in [0.25, 0.3) is 0 Å². The van der Waals surface area contributed by atoms with Gasteiger partial charge >= 0.3 is 0 Å². The first-order valence-corrected chi connectivity index (χ1v) is 8.33. The van der Waals surface area contributed by atoms with Crippen LogP contribution in [0.3, 0.4) is 0 Å². The maximum atomic E-state index is 3.62. The molecular formula is C18H28N2. The van der Waals surface area contributed by atoms with Crippen molar-refractivity contribution >= 4 is 0 Å². The van der Waals surface area contributed by atoms with Crippen LogP contribution in [0.25, 0.3) is 0 Å². The second-order valence-electron chi connectivity index (χ2n) is 6.63. The number of hydrogen-bond acceptors (Lipinski definition) is 2. The number of aryl methyl sites for hydroxylation is 1. The topological polar surface area (TPSA) is 15.3 Å². The van der Waals surface area contributed by atoms with Crippen LogP contribution in [-0.2, 0) is 6.54 Å². The smallest absolute Gasteiger partial charge is 0.0252 e. The van der Waals surface area contributed by atoms with Gasteiger partial charge in [0.15, 0.2) is 0 Å². The van der Waals surface area contributed by atoms with Gasteiger partial charge in [-0.1, -0.05) is 49.1 Å². The summed E-state index contributed by atoms with van der Waals surface area (Å²) in [7, 11) is 0. The molecule has 0 bridgehead atoms. The molecule has 20 heavy (non-hydrogen) atoms. The number of rotatable bonds is 3. The molecule has 3 rings (SSSR count). The summed E-state index contributed by atoms with van der Waals surface area (Å²) in [5.74, 6) is 0.919. The molecule has 1 unspecified atom stereocenters. The van der Waals surface area contributed by atoms with Gasteiger partial charge in [0.1, 0.15) is 0 Å². The molecule has 2 nitrogen and oxygen atoms in total. The lowest BCUT2D eigenvalue weighted by molar-refractivity contribution is 0.0860. The minimum absolute atomic E-state index is 0.755. The van der Waals surface area contributed by atoms with Gasteiger partial charge in [-0.3, -0.25) is 4.90 Å². The first kappa shape index (κ1) is 14.1. The highest BCUT2D eigenvalue weighted by Crippen LogP contribution is 2.30. The summed E-state index contributed by atoms with van der Waals surface area (Å²) in [5.41, 5.74) is 2.83. The van der Waals surface area contributed by atoms with Crippen molar-refractivity contribution in [2.75, 3.05) is 19.6 Å². The Bertz CT molecular complexity index is 406. The van der Waals surface area contributed by atoms with E-state index in [4.69, 9.17) is 0 Å². The van der Waals surface area contributed by atoms with Gasteiger partial charge in [-0.25, -0.2) is 0 Å². The molecule has 0 spiro atoms. The van der Waals surface area contributed by atoms with Crippen LogP contribution in [0.15, 0.2) is 24.3 Å². The minimum Gasteiger partial charge on any atom is -0.314 e. The van der Waals surface area contributed by atoms with E-state index in [2.05, 4.69) is 41.4 Å². The normalized spacial score (nSPS) is 25.8. The molecule has 0 amide bonds. The fourth-order valence-corrected chi connectivity index (χ4v) is 3.88. The second-order valence-corrected chi connectivity index (χ2v) is 6.63. The van der Waals surface area contributed by atoms with Crippen molar-refractivity contribution in [3.05, 3.63) is 35.4 Å². The van der Waals surface area contributed by atoms with E-state index < -0.39 is 0 Å². The van der Waals surface area contributed by atoms with Gasteiger partial charge < -0.3 is 5.32 Å². The van der Waals surface area contributed by atoms with E-state index in [0.717, 1.165) is 25.0 Å². The number of benzene rings is 1. The standard InChI is InChI=1S/C18H28N2/c1-15-7-9-16(10-8-15)14-20-12-11-19-13-18(20)17-5-3-2-4-6-17/h7-10,17-19H,2-6,11-14H2,1H3. The molecule has 1 atom stereocenters. The van der Waals surface area contributed by atoms with Crippen molar-refractivity contribution in [3.8, 4) is 0 Å². The molecule has 1 heterocycles. The molecule has 1 aliphatic heterocycles. The summed E-state index contributed by atoms with van der Waals surface area (Å²) in [4.78, 5) is 2.73. The summed E-state index contributed by atoms with van der Waals surface area (Å²) in [6.07, 6.45) is 7.22. The first-order valence-electron chi connectivity index (χ1n) is 8.33. The number of nitrogens with one attached hydrogen (secondary N) is 1. The van der Waals surface area contributed by atoms with Crippen LogP contribution in [0.4, 0.5) is 0 Å². The third-order valence-electron chi connectivity index (χ3n) is 5.10. The largest absolute Gasteiger partial charge is 0.314 e. The SMILES string of the molecule is Cc1ccc(CN2CCNCC2C2CCCCC2)cc1. The molecule has 1 aromatic rings. The highest BCUT2D eigenvalue weighted by atomic mass is 15.2. The molecule has 2 heteroatoms. The van der Waals surface area contributed by atoms with Gasteiger partial charge in [0.2, 0.25) is 0 Å². The van der Waals surface area contributed by atoms with Crippen LogP contribution >= 0.6 is 0 Å². The predicted molar refractivity (Wildman–Crippen MR) is 84.8 cm³/mol. The average molecular weight is 272 g/mol. The number of nitrogens with zero attached hydrogens (tertiary/aromatic N) is 1. The molecule has 1 aliphatic carbocycles. The zero-order valence-electron chi connectivity index (χ0n) is 12.8. The number of piperazine rings is 1. The Hall–Kier alpha value is -0.860. The van der Waals surface area contributed by atoms with Crippen molar-refractivity contribution in [2.45, 2.75) is 51.6 Å². The fraction of sp³-hybridized carbons (Fsp3) is 0.667. The van der Waals surface area contributed by atoms with Crippen molar-refractivity contribution in [1.29, 1.82) is 0 Å². The third kappa shape index (κ3) is 3.42. The zero-order valence-corrected chi connectivity index (χ0v) is 12.8. The van der Waals surface area contributed by atoms with E-state index in [1.165, 1.54) is 56.3 Å². The predicted octanol–water partition coefficient (Wildman–Crippen LogP) is 3.35. The van der Waals surface area contributed by atoms with E-state index in [9.17, 15) is 0 Å². The monoisotopic (exact) mass is 272 g/mol. The Labute approximate surface area is 123 Å². The highest BCUT2D eigenvalue weighted by molar-refractivity contribution is 5.21. The van der Waals surface area contributed by atoms with Gasteiger partial charge in [-0.05, 0) is 31.2 Å². The average Bonchev–Trinajstić information content (AvgIpc) is 2.51. The van der Waals surface area contributed by atoms with Crippen LogP contribution in [0.1, 0.15) is 43.2 Å².